The van der Waals surface area contributed by atoms with E-state index in [-0.39, 0.29) is 0 Å². The van der Waals surface area contributed by atoms with Gasteiger partial charge in [-0.2, -0.15) is 0 Å². The third-order valence-corrected chi connectivity index (χ3v) is 4.51. The van der Waals surface area contributed by atoms with E-state index in [1.54, 1.807) is 0 Å². The number of hydrogen-bond acceptors (Lipinski definition) is 2. The molecule has 2 unspecified atom stereocenters. The first-order valence-corrected chi connectivity index (χ1v) is 7.12. The summed E-state index contributed by atoms with van der Waals surface area (Å²) in [6.07, 6.45) is 1.06. The molecule has 0 radical (unpaired) electrons. The van der Waals surface area contributed by atoms with Gasteiger partial charge < -0.3 is 10.6 Å². The molecule has 1 aromatic rings. The summed E-state index contributed by atoms with van der Waals surface area (Å²) in [5.74, 6) is 0.549. The number of halogens is 2. The van der Waals surface area contributed by atoms with Gasteiger partial charge in [0.05, 0.1) is 5.69 Å². The van der Waals surface area contributed by atoms with Crippen molar-refractivity contribution in [3.8, 4) is 0 Å². The molecular weight excluding hydrogens is 332 g/mol. The van der Waals surface area contributed by atoms with E-state index in [0.29, 0.717) is 12.0 Å². The molecule has 88 valence electrons. The van der Waals surface area contributed by atoms with Crippen LogP contribution in [0.15, 0.2) is 27.1 Å². The number of hydrogen-bond donors (Lipinski definition) is 1. The van der Waals surface area contributed by atoms with E-state index in [1.807, 2.05) is 6.07 Å². The summed E-state index contributed by atoms with van der Waals surface area (Å²) < 4.78 is 2.29. The van der Waals surface area contributed by atoms with Gasteiger partial charge in [0, 0.05) is 28.1 Å². The average molecular weight is 348 g/mol. The predicted octanol–water partition coefficient (Wildman–Crippen LogP) is 3.39. The average Bonchev–Trinajstić information content (AvgIpc) is 2.23. The highest BCUT2D eigenvalue weighted by Gasteiger charge is 2.25. The number of rotatable bonds is 1. The summed E-state index contributed by atoms with van der Waals surface area (Å²) in [6.45, 7) is 4.29. The van der Waals surface area contributed by atoms with Crippen LogP contribution in [0.3, 0.4) is 0 Å². The Morgan fingerprint density at radius 3 is 2.50 bits per heavy atom. The predicted molar refractivity (Wildman–Crippen MR) is 75.8 cm³/mol. The molecule has 0 amide bonds. The molecule has 0 aliphatic carbocycles. The Labute approximate surface area is 113 Å². The van der Waals surface area contributed by atoms with Crippen LogP contribution < -0.4 is 10.6 Å². The molecule has 0 saturated carbocycles. The third-order valence-electron chi connectivity index (χ3n) is 3.23. The van der Waals surface area contributed by atoms with E-state index < -0.39 is 0 Å². The Hall–Kier alpha value is -0.0600. The number of nitrogens with two attached hydrogens (primary N) is 1. The Balaban J connectivity index is 2.25. The maximum Gasteiger partial charge on any atom is 0.0655 e. The molecule has 0 aromatic heterocycles. The minimum atomic E-state index is 0.345. The highest BCUT2D eigenvalue weighted by Crippen LogP contribution is 2.36. The zero-order chi connectivity index (χ0) is 11.7. The largest absolute Gasteiger partial charge is 0.369 e. The molecule has 1 aromatic carbocycles. The fourth-order valence-electron chi connectivity index (χ4n) is 2.16. The summed E-state index contributed by atoms with van der Waals surface area (Å²) in [4.78, 5) is 2.40. The first-order chi connectivity index (χ1) is 7.59. The molecule has 0 bridgehead atoms. The van der Waals surface area contributed by atoms with Gasteiger partial charge in [-0.3, -0.25) is 0 Å². The van der Waals surface area contributed by atoms with E-state index in [0.717, 1.165) is 28.5 Å². The molecule has 16 heavy (non-hydrogen) atoms. The second kappa shape index (κ2) is 5.07. The van der Waals surface area contributed by atoms with Crippen molar-refractivity contribution in [3.63, 3.8) is 0 Å². The van der Waals surface area contributed by atoms with Gasteiger partial charge in [0.2, 0.25) is 0 Å². The summed E-state index contributed by atoms with van der Waals surface area (Å²) in [5, 5.41) is 0. The van der Waals surface area contributed by atoms with Gasteiger partial charge in [-0.05, 0) is 56.3 Å². The highest BCUT2D eigenvalue weighted by molar-refractivity contribution is 9.11. The number of para-hydroxylation sites is 1. The zero-order valence-corrected chi connectivity index (χ0v) is 12.5. The fourth-order valence-corrected chi connectivity index (χ4v) is 3.66. The van der Waals surface area contributed by atoms with Crippen molar-refractivity contribution >= 4 is 37.5 Å². The minimum absolute atomic E-state index is 0.345. The molecule has 1 heterocycles. The van der Waals surface area contributed by atoms with E-state index in [9.17, 15) is 0 Å². The number of anilines is 1. The van der Waals surface area contributed by atoms with Crippen LogP contribution in [0.5, 0.6) is 0 Å². The molecule has 1 fully saturated rings. The van der Waals surface area contributed by atoms with Gasteiger partial charge >= 0.3 is 0 Å². The van der Waals surface area contributed by atoms with Crippen molar-refractivity contribution in [2.24, 2.45) is 11.7 Å². The van der Waals surface area contributed by atoms with Crippen molar-refractivity contribution in [2.45, 2.75) is 19.4 Å². The quantitative estimate of drug-likeness (QED) is 0.843. The van der Waals surface area contributed by atoms with Crippen LogP contribution in [0.2, 0.25) is 0 Å². The van der Waals surface area contributed by atoms with Crippen LogP contribution in [0.25, 0.3) is 0 Å². The zero-order valence-electron chi connectivity index (χ0n) is 9.29. The molecule has 1 aliphatic rings. The molecule has 2 atom stereocenters. The van der Waals surface area contributed by atoms with Crippen LogP contribution in [0, 0.1) is 5.92 Å². The molecule has 2 rings (SSSR count). The Morgan fingerprint density at radius 2 is 1.94 bits per heavy atom. The maximum atomic E-state index is 6.04. The van der Waals surface area contributed by atoms with Gasteiger partial charge in [-0.1, -0.05) is 13.0 Å². The van der Waals surface area contributed by atoms with E-state index in [1.165, 1.54) is 5.69 Å². The fraction of sp³-hybridized carbons (Fsp3) is 0.500. The second-order valence-electron chi connectivity index (χ2n) is 4.45. The second-order valence-corrected chi connectivity index (χ2v) is 6.15. The van der Waals surface area contributed by atoms with Crippen LogP contribution >= 0.6 is 31.9 Å². The topological polar surface area (TPSA) is 29.3 Å². The van der Waals surface area contributed by atoms with Gasteiger partial charge in [-0.25, -0.2) is 0 Å². The molecule has 1 saturated heterocycles. The van der Waals surface area contributed by atoms with Crippen LogP contribution in [-0.4, -0.2) is 19.1 Å². The lowest BCUT2D eigenvalue weighted by molar-refractivity contribution is 0.382. The molecular formula is C12H16Br2N2. The maximum absolute atomic E-state index is 6.04. The minimum Gasteiger partial charge on any atom is -0.369 e. The third kappa shape index (κ3) is 2.44. The molecule has 2 nitrogen and oxygen atoms in total. The SMILES string of the molecule is CC1CN(c2c(Br)cccc2Br)CCC1N. The summed E-state index contributed by atoms with van der Waals surface area (Å²) >= 11 is 7.23. The molecule has 1 aliphatic heterocycles. The van der Waals surface area contributed by atoms with Crippen molar-refractivity contribution < 1.29 is 0 Å². The molecule has 0 spiro atoms. The van der Waals surface area contributed by atoms with Crippen molar-refractivity contribution in [1.29, 1.82) is 0 Å². The Bertz CT molecular complexity index is 361. The Morgan fingerprint density at radius 1 is 1.31 bits per heavy atom. The van der Waals surface area contributed by atoms with Gasteiger partial charge in [0.15, 0.2) is 0 Å². The monoisotopic (exact) mass is 346 g/mol. The lowest BCUT2D eigenvalue weighted by Gasteiger charge is -2.37. The molecule has 4 heteroatoms. The summed E-state index contributed by atoms with van der Waals surface area (Å²) in [7, 11) is 0. The smallest absolute Gasteiger partial charge is 0.0655 e. The van der Waals surface area contributed by atoms with E-state index in [2.05, 4.69) is 55.8 Å². The number of benzene rings is 1. The van der Waals surface area contributed by atoms with Crippen LogP contribution in [0.1, 0.15) is 13.3 Å². The van der Waals surface area contributed by atoms with E-state index in [4.69, 9.17) is 5.73 Å². The molecule has 2 N–H and O–H groups in total. The van der Waals surface area contributed by atoms with Crippen molar-refractivity contribution in [1.82, 2.24) is 0 Å². The normalized spacial score (nSPS) is 25.9. The first-order valence-electron chi connectivity index (χ1n) is 5.54. The van der Waals surface area contributed by atoms with Gasteiger partial charge in [0.25, 0.3) is 0 Å². The van der Waals surface area contributed by atoms with Gasteiger partial charge in [-0.15, -0.1) is 0 Å². The van der Waals surface area contributed by atoms with Crippen molar-refractivity contribution in [3.05, 3.63) is 27.1 Å². The van der Waals surface area contributed by atoms with E-state index >= 15 is 0 Å². The van der Waals surface area contributed by atoms with Gasteiger partial charge in [0.1, 0.15) is 0 Å². The van der Waals surface area contributed by atoms with Crippen LogP contribution in [0.4, 0.5) is 5.69 Å². The highest BCUT2D eigenvalue weighted by atomic mass is 79.9. The Kier molecular flexibility index (Phi) is 3.93. The lowest BCUT2D eigenvalue weighted by Crippen LogP contribution is -2.46. The standard InChI is InChI=1S/C12H16Br2N2/c1-8-7-16(6-5-11(8)15)12-9(13)3-2-4-10(12)14/h2-4,8,11H,5-7,15H2,1H3. The first kappa shape index (κ1) is 12.4. The van der Waals surface area contributed by atoms with Crippen LogP contribution in [-0.2, 0) is 0 Å². The summed E-state index contributed by atoms with van der Waals surface area (Å²) in [6, 6.07) is 6.55. The summed E-state index contributed by atoms with van der Waals surface area (Å²) in [5.41, 5.74) is 7.30. The number of nitrogens with zero attached hydrogens (tertiary/aromatic N) is 1. The van der Waals surface area contributed by atoms with Crippen molar-refractivity contribution in [2.75, 3.05) is 18.0 Å². The number of piperidine rings is 1. The lowest BCUT2D eigenvalue weighted by atomic mass is 9.94.